The molecule has 0 unspecified atom stereocenters. The van der Waals surface area contributed by atoms with Crippen LogP contribution in [0.4, 0.5) is 30.8 Å². The number of pyridine rings is 1. The third-order valence-corrected chi connectivity index (χ3v) is 5.37. The highest BCUT2D eigenvalue weighted by atomic mass is 19.3. The van der Waals surface area contributed by atoms with Crippen molar-refractivity contribution in [2.45, 2.75) is 44.7 Å². The number of nitrogens with two attached hydrogens (primary N) is 1. The molecule has 3 N–H and O–H groups in total. The van der Waals surface area contributed by atoms with E-state index in [1.165, 1.54) is 12.3 Å². The Labute approximate surface area is 171 Å². The predicted octanol–water partition coefficient (Wildman–Crippen LogP) is 2.23. The van der Waals surface area contributed by atoms with Gasteiger partial charge in [0.1, 0.15) is 12.0 Å². The number of ether oxygens (including phenoxy) is 1. The van der Waals surface area contributed by atoms with E-state index in [2.05, 4.69) is 19.7 Å². The molecule has 4 heterocycles. The van der Waals surface area contributed by atoms with Crippen LogP contribution in [0.5, 0.6) is 5.75 Å². The fourth-order valence-corrected chi connectivity index (χ4v) is 3.79. The van der Waals surface area contributed by atoms with E-state index in [1.807, 2.05) is 11.8 Å². The van der Waals surface area contributed by atoms with Crippen LogP contribution in [0, 0.1) is 0 Å². The summed E-state index contributed by atoms with van der Waals surface area (Å²) in [6.45, 7) is -0.232. The summed E-state index contributed by atoms with van der Waals surface area (Å²) < 4.78 is 43.2. The Morgan fingerprint density at radius 1 is 1.27 bits per heavy atom. The van der Waals surface area contributed by atoms with Crippen molar-refractivity contribution < 1.29 is 23.0 Å². The maximum atomic E-state index is 13.4. The normalized spacial score (nSPS) is 21.9. The second-order valence-electron chi connectivity index (χ2n) is 7.50. The summed E-state index contributed by atoms with van der Waals surface area (Å²) in [5, 5.41) is 10.1. The molecule has 2 aliphatic rings. The lowest BCUT2D eigenvalue weighted by molar-refractivity contribution is -0.0494. The van der Waals surface area contributed by atoms with Gasteiger partial charge in [-0.15, -0.1) is 0 Å². The number of alkyl halides is 3. The van der Waals surface area contributed by atoms with Gasteiger partial charge in [0.2, 0.25) is 5.95 Å². The van der Waals surface area contributed by atoms with Gasteiger partial charge in [0.25, 0.3) is 0 Å². The molecule has 30 heavy (non-hydrogen) atoms. The molecule has 2 aromatic rings. The number of nitrogens with zero attached hydrogens (tertiary/aromatic N) is 5. The number of rotatable bonds is 6. The molecule has 0 bridgehead atoms. The van der Waals surface area contributed by atoms with E-state index < -0.39 is 18.9 Å². The van der Waals surface area contributed by atoms with Gasteiger partial charge in [0.15, 0.2) is 11.6 Å². The van der Waals surface area contributed by atoms with Crippen molar-refractivity contribution in [1.29, 1.82) is 0 Å². The second kappa shape index (κ2) is 8.13. The standard InChI is InChI=1S/C19H23F3N6O2/c1-2-12-4-13(29)9-28(12)16-5-14(25-19(26-16)27-7-11(20)8-27)10-3-15(30-18(21)22)17(23)24-6-10/h3,5-6,11-13,18,29H,2,4,7-9H2,1H3,(H2,23,24)/t12-,13+/m1/s1. The first-order valence-electron chi connectivity index (χ1n) is 9.77. The summed E-state index contributed by atoms with van der Waals surface area (Å²) in [4.78, 5) is 16.7. The van der Waals surface area contributed by atoms with E-state index >= 15 is 0 Å². The highest BCUT2D eigenvalue weighted by Gasteiger charge is 2.33. The molecule has 0 radical (unpaired) electrons. The second-order valence-corrected chi connectivity index (χ2v) is 7.50. The van der Waals surface area contributed by atoms with Gasteiger partial charge in [-0.25, -0.2) is 14.4 Å². The molecule has 0 aromatic carbocycles. The molecular formula is C19H23F3N6O2. The average molecular weight is 424 g/mol. The van der Waals surface area contributed by atoms with Crippen LogP contribution in [0.1, 0.15) is 19.8 Å². The van der Waals surface area contributed by atoms with Crippen molar-refractivity contribution in [2.75, 3.05) is 35.2 Å². The Hall–Kier alpha value is -2.82. The molecule has 2 aromatic heterocycles. The van der Waals surface area contributed by atoms with Crippen molar-refractivity contribution in [2.24, 2.45) is 0 Å². The molecule has 2 saturated heterocycles. The minimum absolute atomic E-state index is 0.100. The number of halogens is 3. The molecule has 11 heteroatoms. The highest BCUT2D eigenvalue weighted by Crippen LogP contribution is 2.33. The molecule has 2 atom stereocenters. The van der Waals surface area contributed by atoms with Crippen molar-refractivity contribution in [1.82, 2.24) is 15.0 Å². The van der Waals surface area contributed by atoms with Crippen LogP contribution in [0.25, 0.3) is 11.3 Å². The maximum absolute atomic E-state index is 13.4. The molecule has 2 fully saturated rings. The van der Waals surface area contributed by atoms with Crippen LogP contribution in [0.15, 0.2) is 18.3 Å². The summed E-state index contributed by atoms with van der Waals surface area (Å²) in [6, 6.07) is 3.15. The fraction of sp³-hybridized carbons (Fsp3) is 0.526. The molecule has 0 amide bonds. The van der Waals surface area contributed by atoms with Gasteiger partial charge in [-0.05, 0) is 18.9 Å². The Bertz CT molecular complexity index is 912. The lowest BCUT2D eigenvalue weighted by atomic mass is 10.1. The van der Waals surface area contributed by atoms with Gasteiger partial charge in [0, 0.05) is 30.4 Å². The van der Waals surface area contributed by atoms with Gasteiger partial charge >= 0.3 is 6.61 Å². The molecule has 8 nitrogen and oxygen atoms in total. The Morgan fingerprint density at radius 3 is 2.70 bits per heavy atom. The van der Waals surface area contributed by atoms with Crippen molar-refractivity contribution in [3.05, 3.63) is 18.3 Å². The fourth-order valence-electron chi connectivity index (χ4n) is 3.79. The van der Waals surface area contributed by atoms with Crippen LogP contribution < -0.4 is 20.3 Å². The largest absolute Gasteiger partial charge is 0.431 e. The van der Waals surface area contributed by atoms with Crippen LogP contribution >= 0.6 is 0 Å². The minimum atomic E-state index is -3.04. The number of anilines is 3. The summed E-state index contributed by atoms with van der Waals surface area (Å²) in [7, 11) is 0. The zero-order chi connectivity index (χ0) is 21.4. The number of aliphatic hydroxyl groups is 1. The van der Waals surface area contributed by atoms with Gasteiger partial charge in [-0.1, -0.05) is 6.92 Å². The topological polar surface area (TPSA) is 101 Å². The first-order valence-corrected chi connectivity index (χ1v) is 9.77. The molecule has 4 rings (SSSR count). The van der Waals surface area contributed by atoms with E-state index in [-0.39, 0.29) is 30.7 Å². The average Bonchev–Trinajstić information content (AvgIpc) is 3.07. The van der Waals surface area contributed by atoms with Gasteiger partial charge in [-0.2, -0.15) is 13.8 Å². The van der Waals surface area contributed by atoms with Crippen LogP contribution in [0.2, 0.25) is 0 Å². The van der Waals surface area contributed by atoms with Crippen molar-refractivity contribution in [3.8, 4) is 17.0 Å². The van der Waals surface area contributed by atoms with Crippen molar-refractivity contribution >= 4 is 17.6 Å². The zero-order valence-electron chi connectivity index (χ0n) is 16.4. The molecular weight excluding hydrogens is 401 g/mol. The number of β-amino-alcohol motifs (C(OH)–C–C–N with tert-alkyl or cyclic N) is 1. The third-order valence-electron chi connectivity index (χ3n) is 5.37. The van der Waals surface area contributed by atoms with Crippen LogP contribution in [-0.4, -0.2) is 64.6 Å². The maximum Gasteiger partial charge on any atom is 0.387 e. The summed E-state index contributed by atoms with van der Waals surface area (Å²) >= 11 is 0. The SMILES string of the molecule is CC[C@@H]1C[C@H](O)CN1c1cc(-c2cnc(N)c(OC(F)F)c2)nc(N2CC(F)C2)n1. The van der Waals surface area contributed by atoms with Gasteiger partial charge < -0.3 is 25.4 Å². The minimum Gasteiger partial charge on any atom is -0.431 e. The summed E-state index contributed by atoms with van der Waals surface area (Å²) in [6.07, 6.45) is 1.44. The first-order chi connectivity index (χ1) is 14.3. The monoisotopic (exact) mass is 424 g/mol. The summed E-state index contributed by atoms with van der Waals surface area (Å²) in [5.74, 6) is 0.500. The number of hydrogen-bond acceptors (Lipinski definition) is 8. The Kier molecular flexibility index (Phi) is 5.54. The van der Waals surface area contributed by atoms with E-state index in [0.717, 1.165) is 6.42 Å². The highest BCUT2D eigenvalue weighted by molar-refractivity contribution is 5.68. The zero-order valence-corrected chi connectivity index (χ0v) is 16.4. The van der Waals surface area contributed by atoms with Crippen molar-refractivity contribution in [3.63, 3.8) is 0 Å². The molecule has 0 saturated carbocycles. The third kappa shape index (κ3) is 4.07. The summed E-state index contributed by atoms with van der Waals surface area (Å²) in [5.41, 5.74) is 6.46. The van der Waals surface area contributed by atoms with Crippen LogP contribution in [0.3, 0.4) is 0 Å². The van der Waals surface area contributed by atoms with E-state index in [4.69, 9.17) is 5.73 Å². The van der Waals surface area contributed by atoms with E-state index in [1.54, 1.807) is 11.0 Å². The quantitative estimate of drug-likeness (QED) is 0.728. The molecule has 0 aliphatic carbocycles. The number of aliphatic hydroxyl groups excluding tert-OH is 1. The Balaban J connectivity index is 1.75. The predicted molar refractivity (Wildman–Crippen MR) is 105 cm³/mol. The smallest absolute Gasteiger partial charge is 0.387 e. The number of nitrogen functional groups attached to an aromatic ring is 1. The number of aromatic nitrogens is 3. The number of hydrogen-bond donors (Lipinski definition) is 2. The van der Waals surface area contributed by atoms with Gasteiger partial charge in [0.05, 0.1) is 24.9 Å². The van der Waals surface area contributed by atoms with Crippen LogP contribution in [-0.2, 0) is 0 Å². The first kappa shape index (κ1) is 20.5. The van der Waals surface area contributed by atoms with E-state index in [9.17, 15) is 18.3 Å². The molecule has 0 spiro atoms. The molecule has 162 valence electrons. The lowest BCUT2D eigenvalue weighted by Crippen LogP contribution is -2.49. The van der Waals surface area contributed by atoms with E-state index in [0.29, 0.717) is 36.0 Å². The Morgan fingerprint density at radius 2 is 2.03 bits per heavy atom. The molecule has 2 aliphatic heterocycles. The lowest BCUT2D eigenvalue weighted by Gasteiger charge is -2.35. The van der Waals surface area contributed by atoms with Gasteiger partial charge in [-0.3, -0.25) is 0 Å².